The van der Waals surface area contributed by atoms with Crippen molar-refractivity contribution in [1.82, 2.24) is 15.0 Å². The number of fused-ring (bicyclic) bond motifs is 1. The molecule has 0 aliphatic rings. The predicted molar refractivity (Wildman–Crippen MR) is 104 cm³/mol. The number of nitrogens with one attached hydrogen (secondary N) is 1. The summed E-state index contributed by atoms with van der Waals surface area (Å²) in [5.41, 5.74) is 0.755. The van der Waals surface area contributed by atoms with Gasteiger partial charge in [0.25, 0.3) is 5.56 Å². The Morgan fingerprint density at radius 2 is 2.04 bits per heavy atom. The van der Waals surface area contributed by atoms with E-state index in [-0.39, 0.29) is 11.5 Å². The quantitative estimate of drug-likeness (QED) is 0.649. The molecule has 1 aromatic heterocycles. The number of benzene rings is 2. The van der Waals surface area contributed by atoms with Gasteiger partial charge in [0.15, 0.2) is 0 Å². The van der Waals surface area contributed by atoms with Crippen LogP contribution >= 0.6 is 0 Å². The highest BCUT2D eigenvalue weighted by Gasteiger charge is 2.19. The molecule has 3 aromatic rings. The summed E-state index contributed by atoms with van der Waals surface area (Å²) >= 11 is 0. The van der Waals surface area contributed by atoms with Gasteiger partial charge in [-0.25, -0.2) is 0 Å². The Bertz CT molecular complexity index is 1000. The number of ether oxygens (including phenoxy) is 1. The fourth-order valence-corrected chi connectivity index (χ4v) is 2.61. The minimum atomic E-state index is -0.806. The molecule has 2 aromatic carbocycles. The van der Waals surface area contributed by atoms with E-state index in [4.69, 9.17) is 4.74 Å². The topological polar surface area (TPSA) is 86.1 Å². The summed E-state index contributed by atoms with van der Waals surface area (Å²) in [6, 6.07) is 13.3. The molecule has 0 radical (unpaired) electrons. The second-order valence-corrected chi connectivity index (χ2v) is 6.25. The molecule has 3 rings (SSSR count). The lowest BCUT2D eigenvalue weighted by molar-refractivity contribution is -0.119. The van der Waals surface area contributed by atoms with E-state index in [0.29, 0.717) is 28.9 Å². The number of aromatic nitrogens is 3. The SMILES string of the molecule is CCCCOc1cccc(NC(=O)C(C)n2nnc3ccccc3c2=O)c1. The van der Waals surface area contributed by atoms with E-state index >= 15 is 0 Å². The fourth-order valence-electron chi connectivity index (χ4n) is 2.61. The van der Waals surface area contributed by atoms with Crippen LogP contribution in [0.2, 0.25) is 0 Å². The third-order valence-corrected chi connectivity index (χ3v) is 4.21. The van der Waals surface area contributed by atoms with Crippen LogP contribution in [0, 0.1) is 0 Å². The van der Waals surface area contributed by atoms with Gasteiger partial charge in [0.05, 0.1) is 12.0 Å². The van der Waals surface area contributed by atoms with Gasteiger partial charge in [0, 0.05) is 11.8 Å². The molecule has 0 aliphatic carbocycles. The smallest absolute Gasteiger partial charge is 0.278 e. The normalized spacial score (nSPS) is 11.9. The highest BCUT2D eigenvalue weighted by Crippen LogP contribution is 2.19. The van der Waals surface area contributed by atoms with Crippen LogP contribution in [0.1, 0.15) is 32.7 Å². The Morgan fingerprint density at radius 1 is 1.22 bits per heavy atom. The Balaban J connectivity index is 1.76. The van der Waals surface area contributed by atoms with E-state index < -0.39 is 6.04 Å². The maximum absolute atomic E-state index is 12.6. The molecular formula is C20H22N4O3. The lowest BCUT2D eigenvalue weighted by Gasteiger charge is -2.14. The van der Waals surface area contributed by atoms with Crippen molar-refractivity contribution in [3.05, 3.63) is 58.9 Å². The minimum absolute atomic E-state index is 0.347. The van der Waals surface area contributed by atoms with Gasteiger partial charge >= 0.3 is 0 Å². The second kappa shape index (κ2) is 8.44. The number of rotatable bonds is 7. The molecule has 0 fully saturated rings. The monoisotopic (exact) mass is 366 g/mol. The molecule has 27 heavy (non-hydrogen) atoms. The van der Waals surface area contributed by atoms with Crippen molar-refractivity contribution in [2.45, 2.75) is 32.7 Å². The molecule has 1 amide bonds. The molecule has 1 heterocycles. The number of carbonyl (C=O) groups is 1. The first-order valence-electron chi connectivity index (χ1n) is 8.98. The van der Waals surface area contributed by atoms with Crippen molar-refractivity contribution < 1.29 is 9.53 Å². The summed E-state index contributed by atoms with van der Waals surface area (Å²) in [7, 11) is 0. The average molecular weight is 366 g/mol. The summed E-state index contributed by atoms with van der Waals surface area (Å²) in [4.78, 5) is 25.2. The van der Waals surface area contributed by atoms with Crippen LogP contribution in [0.15, 0.2) is 53.3 Å². The van der Waals surface area contributed by atoms with Crippen LogP contribution in [-0.4, -0.2) is 27.5 Å². The fraction of sp³-hybridized carbons (Fsp3) is 0.300. The number of anilines is 1. The van der Waals surface area contributed by atoms with Crippen LogP contribution in [0.3, 0.4) is 0 Å². The third kappa shape index (κ3) is 4.31. The first-order valence-corrected chi connectivity index (χ1v) is 8.98. The van der Waals surface area contributed by atoms with Crippen molar-refractivity contribution >= 4 is 22.5 Å². The Morgan fingerprint density at radius 3 is 2.85 bits per heavy atom. The summed E-state index contributed by atoms with van der Waals surface area (Å²) in [6.45, 7) is 4.34. The van der Waals surface area contributed by atoms with E-state index in [1.165, 1.54) is 0 Å². The van der Waals surface area contributed by atoms with E-state index in [2.05, 4.69) is 22.6 Å². The van der Waals surface area contributed by atoms with Crippen molar-refractivity contribution in [3.63, 3.8) is 0 Å². The zero-order valence-corrected chi connectivity index (χ0v) is 15.4. The predicted octanol–water partition coefficient (Wildman–Crippen LogP) is 3.17. The maximum Gasteiger partial charge on any atom is 0.278 e. The van der Waals surface area contributed by atoms with E-state index in [1.54, 1.807) is 43.3 Å². The standard InChI is InChI=1S/C20H22N4O3/c1-3-4-12-27-16-9-7-8-15(13-16)21-19(25)14(2)24-20(26)17-10-5-6-11-18(17)22-23-24/h5-11,13-14H,3-4,12H2,1-2H3,(H,21,25). The minimum Gasteiger partial charge on any atom is -0.494 e. The number of carbonyl (C=O) groups excluding carboxylic acids is 1. The molecular weight excluding hydrogens is 344 g/mol. The van der Waals surface area contributed by atoms with Crippen LogP contribution in [-0.2, 0) is 4.79 Å². The van der Waals surface area contributed by atoms with Gasteiger partial charge in [-0.1, -0.05) is 36.8 Å². The summed E-state index contributed by atoms with van der Waals surface area (Å²) in [6.07, 6.45) is 2.02. The zero-order chi connectivity index (χ0) is 19.2. The lowest BCUT2D eigenvalue weighted by Crippen LogP contribution is -2.34. The molecule has 1 N–H and O–H groups in total. The Hall–Kier alpha value is -3.22. The molecule has 1 atom stereocenters. The number of amides is 1. The number of nitrogens with zero attached hydrogens (tertiary/aromatic N) is 3. The highest BCUT2D eigenvalue weighted by atomic mass is 16.5. The lowest BCUT2D eigenvalue weighted by atomic mass is 10.2. The molecule has 0 spiro atoms. The number of hydrogen-bond donors (Lipinski definition) is 1. The van der Waals surface area contributed by atoms with Gasteiger partial charge in [0.2, 0.25) is 5.91 Å². The van der Waals surface area contributed by atoms with Crippen molar-refractivity contribution in [2.24, 2.45) is 0 Å². The second-order valence-electron chi connectivity index (χ2n) is 6.25. The molecule has 0 bridgehead atoms. The van der Waals surface area contributed by atoms with Gasteiger partial charge in [-0.15, -0.1) is 5.10 Å². The maximum atomic E-state index is 12.6. The van der Waals surface area contributed by atoms with E-state index in [0.717, 1.165) is 17.5 Å². The van der Waals surface area contributed by atoms with Crippen molar-refractivity contribution in [1.29, 1.82) is 0 Å². The summed E-state index contributed by atoms with van der Waals surface area (Å²) in [5.74, 6) is 0.337. The largest absolute Gasteiger partial charge is 0.494 e. The summed E-state index contributed by atoms with van der Waals surface area (Å²) < 4.78 is 6.75. The van der Waals surface area contributed by atoms with Crippen molar-refractivity contribution in [3.8, 4) is 5.75 Å². The first-order chi connectivity index (χ1) is 13.1. The molecule has 7 nitrogen and oxygen atoms in total. The Labute approximate surface area is 157 Å². The Kier molecular flexibility index (Phi) is 5.80. The first kappa shape index (κ1) is 18.6. The van der Waals surface area contributed by atoms with Gasteiger partial charge in [-0.3, -0.25) is 9.59 Å². The van der Waals surface area contributed by atoms with Crippen LogP contribution < -0.4 is 15.6 Å². The number of hydrogen-bond acceptors (Lipinski definition) is 5. The molecule has 0 saturated heterocycles. The van der Waals surface area contributed by atoms with E-state index in [1.807, 2.05) is 12.1 Å². The highest BCUT2D eigenvalue weighted by molar-refractivity contribution is 5.93. The molecule has 7 heteroatoms. The third-order valence-electron chi connectivity index (χ3n) is 4.21. The molecule has 0 saturated carbocycles. The zero-order valence-electron chi connectivity index (χ0n) is 15.4. The molecule has 0 aliphatic heterocycles. The van der Waals surface area contributed by atoms with Crippen molar-refractivity contribution in [2.75, 3.05) is 11.9 Å². The van der Waals surface area contributed by atoms with Gasteiger partial charge < -0.3 is 10.1 Å². The van der Waals surface area contributed by atoms with Gasteiger partial charge in [-0.05, 0) is 37.6 Å². The van der Waals surface area contributed by atoms with Gasteiger partial charge in [-0.2, -0.15) is 4.68 Å². The number of unbranched alkanes of at least 4 members (excludes halogenated alkanes) is 1. The van der Waals surface area contributed by atoms with Gasteiger partial charge in [0.1, 0.15) is 17.3 Å². The van der Waals surface area contributed by atoms with Crippen LogP contribution in [0.5, 0.6) is 5.75 Å². The molecule has 140 valence electrons. The summed E-state index contributed by atoms with van der Waals surface area (Å²) in [5, 5.41) is 11.2. The van der Waals surface area contributed by atoms with Crippen LogP contribution in [0.4, 0.5) is 5.69 Å². The molecule has 1 unspecified atom stereocenters. The van der Waals surface area contributed by atoms with E-state index in [9.17, 15) is 9.59 Å². The average Bonchev–Trinajstić information content (AvgIpc) is 2.68. The van der Waals surface area contributed by atoms with Crippen LogP contribution in [0.25, 0.3) is 10.9 Å².